The summed E-state index contributed by atoms with van der Waals surface area (Å²) in [7, 11) is 0. The molecule has 2 amide bonds. The summed E-state index contributed by atoms with van der Waals surface area (Å²) >= 11 is 1.46. The predicted molar refractivity (Wildman–Crippen MR) is 96.0 cm³/mol. The maximum absolute atomic E-state index is 12.3. The summed E-state index contributed by atoms with van der Waals surface area (Å²) in [6.07, 6.45) is 5.23. The van der Waals surface area contributed by atoms with Crippen LogP contribution < -0.4 is 10.6 Å². The van der Waals surface area contributed by atoms with Gasteiger partial charge in [0.15, 0.2) is 0 Å². The van der Waals surface area contributed by atoms with E-state index in [-0.39, 0.29) is 23.0 Å². The third-order valence-corrected chi connectivity index (χ3v) is 4.77. The predicted octanol–water partition coefficient (Wildman–Crippen LogP) is 3.55. The maximum Gasteiger partial charge on any atom is 0.237 e. The summed E-state index contributed by atoms with van der Waals surface area (Å²) in [6, 6.07) is 11.1. The van der Waals surface area contributed by atoms with Crippen molar-refractivity contribution >= 4 is 35.0 Å². The molecule has 1 atom stereocenters. The van der Waals surface area contributed by atoms with Gasteiger partial charge in [-0.2, -0.15) is 0 Å². The molecule has 0 aliphatic heterocycles. The van der Waals surface area contributed by atoms with E-state index in [2.05, 4.69) is 15.6 Å². The summed E-state index contributed by atoms with van der Waals surface area (Å²) in [5.74, 6) is 0.186. The van der Waals surface area contributed by atoms with Crippen molar-refractivity contribution in [2.45, 2.75) is 29.9 Å². The first kappa shape index (κ1) is 16.5. The monoisotopic (exact) mass is 341 g/mol. The van der Waals surface area contributed by atoms with Gasteiger partial charge in [-0.25, -0.2) is 0 Å². The van der Waals surface area contributed by atoms with Crippen LogP contribution in [-0.4, -0.2) is 22.0 Å². The number of nitrogens with one attached hydrogen (secondary N) is 2. The van der Waals surface area contributed by atoms with Crippen molar-refractivity contribution in [2.24, 2.45) is 5.92 Å². The molecule has 1 fully saturated rings. The normalized spacial score (nSPS) is 14.7. The molecule has 0 bridgehead atoms. The van der Waals surface area contributed by atoms with Crippen LogP contribution in [0.4, 0.5) is 11.4 Å². The molecule has 1 aliphatic carbocycles. The third kappa shape index (κ3) is 4.58. The molecule has 24 heavy (non-hydrogen) atoms. The van der Waals surface area contributed by atoms with Crippen molar-refractivity contribution < 1.29 is 9.59 Å². The van der Waals surface area contributed by atoms with Crippen LogP contribution in [0.2, 0.25) is 0 Å². The topological polar surface area (TPSA) is 71.1 Å². The van der Waals surface area contributed by atoms with Gasteiger partial charge in [0.1, 0.15) is 0 Å². The number of hydrogen-bond acceptors (Lipinski definition) is 4. The summed E-state index contributed by atoms with van der Waals surface area (Å²) in [4.78, 5) is 29.0. The minimum Gasteiger partial charge on any atom is -0.326 e. The average Bonchev–Trinajstić information content (AvgIpc) is 3.41. The Morgan fingerprint density at radius 1 is 1.12 bits per heavy atom. The number of carbonyl (C=O) groups excluding carboxylic acids is 2. The molecule has 0 spiro atoms. The van der Waals surface area contributed by atoms with Crippen molar-refractivity contribution in [3.8, 4) is 0 Å². The lowest BCUT2D eigenvalue weighted by Gasteiger charge is -2.13. The molecule has 1 aromatic heterocycles. The SMILES string of the molecule is CC(Sc1cccc(NC(=O)C2CC2)c1)C(=O)Nc1ccncc1. The Balaban J connectivity index is 1.58. The highest BCUT2D eigenvalue weighted by atomic mass is 32.2. The van der Waals surface area contributed by atoms with Gasteiger partial charge in [-0.15, -0.1) is 11.8 Å². The number of benzene rings is 1. The zero-order chi connectivity index (χ0) is 16.9. The first-order chi connectivity index (χ1) is 11.6. The van der Waals surface area contributed by atoms with Gasteiger partial charge in [-0.1, -0.05) is 6.07 Å². The van der Waals surface area contributed by atoms with Crippen LogP contribution in [-0.2, 0) is 9.59 Å². The van der Waals surface area contributed by atoms with Crippen molar-refractivity contribution in [1.29, 1.82) is 0 Å². The fourth-order valence-corrected chi connectivity index (χ4v) is 3.10. The lowest BCUT2D eigenvalue weighted by molar-refractivity contribution is -0.117. The molecule has 5 nitrogen and oxygen atoms in total. The molecule has 0 saturated heterocycles. The van der Waals surface area contributed by atoms with Crippen LogP contribution in [0, 0.1) is 5.92 Å². The smallest absolute Gasteiger partial charge is 0.237 e. The van der Waals surface area contributed by atoms with Gasteiger partial charge in [0.2, 0.25) is 11.8 Å². The third-order valence-electron chi connectivity index (χ3n) is 3.68. The lowest BCUT2D eigenvalue weighted by atomic mass is 10.3. The Morgan fingerprint density at radius 3 is 2.58 bits per heavy atom. The molecular weight excluding hydrogens is 322 g/mol. The molecule has 3 rings (SSSR count). The molecule has 2 N–H and O–H groups in total. The van der Waals surface area contributed by atoms with E-state index in [0.717, 1.165) is 29.1 Å². The van der Waals surface area contributed by atoms with E-state index in [1.807, 2.05) is 31.2 Å². The minimum atomic E-state index is -0.257. The van der Waals surface area contributed by atoms with Crippen LogP contribution >= 0.6 is 11.8 Å². The van der Waals surface area contributed by atoms with Gasteiger partial charge in [-0.05, 0) is 50.1 Å². The Morgan fingerprint density at radius 2 is 1.88 bits per heavy atom. The molecule has 1 saturated carbocycles. The van der Waals surface area contributed by atoms with Gasteiger partial charge in [0.05, 0.1) is 5.25 Å². The highest BCUT2D eigenvalue weighted by Gasteiger charge is 2.29. The average molecular weight is 341 g/mol. The Labute approximate surface area is 145 Å². The van der Waals surface area contributed by atoms with Gasteiger partial charge < -0.3 is 10.6 Å². The van der Waals surface area contributed by atoms with Crippen molar-refractivity contribution in [3.63, 3.8) is 0 Å². The van der Waals surface area contributed by atoms with Gasteiger partial charge >= 0.3 is 0 Å². The van der Waals surface area contributed by atoms with E-state index in [1.165, 1.54) is 11.8 Å². The second kappa shape index (κ2) is 7.49. The number of pyridine rings is 1. The minimum absolute atomic E-state index is 0.0707. The van der Waals surface area contributed by atoms with Crippen molar-refractivity contribution in [2.75, 3.05) is 10.6 Å². The fraction of sp³-hybridized carbons (Fsp3) is 0.278. The highest BCUT2D eigenvalue weighted by molar-refractivity contribution is 8.00. The highest BCUT2D eigenvalue weighted by Crippen LogP contribution is 2.31. The number of thioether (sulfide) groups is 1. The number of carbonyl (C=O) groups is 2. The van der Waals surface area contributed by atoms with E-state index in [0.29, 0.717) is 0 Å². The Hall–Kier alpha value is -2.34. The van der Waals surface area contributed by atoms with E-state index in [4.69, 9.17) is 0 Å². The maximum atomic E-state index is 12.3. The van der Waals surface area contributed by atoms with Crippen LogP contribution in [0.25, 0.3) is 0 Å². The molecule has 0 radical (unpaired) electrons. The van der Waals surface area contributed by atoms with E-state index < -0.39 is 0 Å². The quantitative estimate of drug-likeness (QED) is 0.788. The standard InChI is InChI=1S/C18H19N3O2S/c1-12(17(22)20-14-7-9-19-10-8-14)24-16-4-2-3-15(11-16)21-18(23)13-5-6-13/h2-4,7-13H,5-6H2,1H3,(H,21,23)(H,19,20,22). The molecule has 1 aromatic carbocycles. The summed E-state index contributed by atoms with van der Waals surface area (Å²) < 4.78 is 0. The van der Waals surface area contributed by atoms with Crippen LogP contribution in [0.1, 0.15) is 19.8 Å². The first-order valence-electron chi connectivity index (χ1n) is 7.90. The molecule has 1 heterocycles. The molecular formula is C18H19N3O2S. The molecule has 1 unspecified atom stereocenters. The van der Waals surface area contributed by atoms with E-state index in [1.54, 1.807) is 24.5 Å². The first-order valence-corrected chi connectivity index (χ1v) is 8.78. The summed E-state index contributed by atoms with van der Waals surface area (Å²) in [5, 5.41) is 5.53. The second-order valence-electron chi connectivity index (χ2n) is 5.78. The molecule has 6 heteroatoms. The molecule has 2 aromatic rings. The van der Waals surface area contributed by atoms with Gasteiger partial charge in [-0.3, -0.25) is 14.6 Å². The zero-order valence-corrected chi connectivity index (χ0v) is 14.2. The fourth-order valence-electron chi connectivity index (χ4n) is 2.17. The second-order valence-corrected chi connectivity index (χ2v) is 7.19. The number of nitrogens with zero attached hydrogens (tertiary/aromatic N) is 1. The van der Waals surface area contributed by atoms with Crippen molar-refractivity contribution in [1.82, 2.24) is 4.98 Å². The largest absolute Gasteiger partial charge is 0.326 e. The number of anilines is 2. The van der Waals surface area contributed by atoms with Gasteiger partial charge in [0.25, 0.3) is 0 Å². The molecule has 1 aliphatic rings. The van der Waals surface area contributed by atoms with Crippen molar-refractivity contribution in [3.05, 3.63) is 48.8 Å². The Kier molecular flexibility index (Phi) is 5.15. The zero-order valence-electron chi connectivity index (χ0n) is 13.4. The number of rotatable bonds is 6. The van der Waals surface area contributed by atoms with E-state index >= 15 is 0 Å². The summed E-state index contributed by atoms with van der Waals surface area (Å²) in [6.45, 7) is 1.86. The summed E-state index contributed by atoms with van der Waals surface area (Å²) in [5.41, 5.74) is 1.51. The Bertz CT molecular complexity index is 732. The molecule has 124 valence electrons. The van der Waals surface area contributed by atoms with E-state index in [9.17, 15) is 9.59 Å². The lowest BCUT2D eigenvalue weighted by Crippen LogP contribution is -2.22. The number of amides is 2. The van der Waals surface area contributed by atoms with Crippen LogP contribution in [0.3, 0.4) is 0 Å². The number of hydrogen-bond donors (Lipinski definition) is 2. The van der Waals surface area contributed by atoms with Gasteiger partial charge in [0, 0.05) is 34.6 Å². The number of aromatic nitrogens is 1. The van der Waals surface area contributed by atoms with Crippen LogP contribution in [0.5, 0.6) is 0 Å². The van der Waals surface area contributed by atoms with Crippen LogP contribution in [0.15, 0.2) is 53.7 Å².